The molecule has 0 aliphatic heterocycles. The van der Waals surface area contributed by atoms with Gasteiger partial charge in [0.1, 0.15) is 6.54 Å². The fraction of sp³-hybridized carbons (Fsp3) is 0.273. The van der Waals surface area contributed by atoms with Gasteiger partial charge in [-0.3, -0.25) is 9.55 Å². The van der Waals surface area contributed by atoms with Gasteiger partial charge < -0.3 is 4.90 Å². The van der Waals surface area contributed by atoms with Crippen LogP contribution in [-0.2, 0) is 19.8 Å². The number of hydrogen-bond donors (Lipinski definition) is 1. The Labute approximate surface area is 181 Å². The molecule has 1 aromatic carbocycles. The van der Waals surface area contributed by atoms with Gasteiger partial charge in [-0.15, -0.1) is 5.10 Å². The predicted octanol–water partition coefficient (Wildman–Crippen LogP) is 2.74. The molecule has 154 valence electrons. The smallest absolute Gasteiger partial charge is 0.203 e. The molecule has 1 atom stereocenters. The molecule has 0 spiro atoms. The van der Waals surface area contributed by atoms with Crippen LogP contribution in [0.15, 0.2) is 67.3 Å². The Morgan fingerprint density at radius 1 is 1.07 bits per heavy atom. The molecular weight excluding hydrogens is 394 g/mol. The third kappa shape index (κ3) is 4.39. The molecule has 0 fully saturated rings. The van der Waals surface area contributed by atoms with Crippen molar-refractivity contribution in [2.75, 3.05) is 7.05 Å². The third-order valence-electron chi connectivity index (χ3n) is 4.89. The van der Waals surface area contributed by atoms with E-state index in [4.69, 9.17) is 17.3 Å². The lowest BCUT2D eigenvalue weighted by Crippen LogP contribution is -3.07. The van der Waals surface area contributed by atoms with Crippen LogP contribution in [-0.4, -0.2) is 36.2 Å². The van der Waals surface area contributed by atoms with Crippen molar-refractivity contribution in [1.29, 1.82) is 0 Å². The summed E-state index contributed by atoms with van der Waals surface area (Å²) in [4.78, 5) is 5.39. The molecule has 4 aromatic rings. The van der Waals surface area contributed by atoms with Crippen LogP contribution in [0.4, 0.5) is 0 Å². The van der Waals surface area contributed by atoms with Crippen LogP contribution in [0.25, 0.3) is 17.1 Å². The van der Waals surface area contributed by atoms with E-state index in [0.29, 0.717) is 6.67 Å². The number of quaternary nitrogens is 1. The van der Waals surface area contributed by atoms with E-state index in [-0.39, 0.29) is 0 Å². The quantitative estimate of drug-likeness (QED) is 0.446. The van der Waals surface area contributed by atoms with Gasteiger partial charge in [-0.2, -0.15) is 9.78 Å². The summed E-state index contributed by atoms with van der Waals surface area (Å²) in [6, 6.07) is 14.1. The van der Waals surface area contributed by atoms with Crippen molar-refractivity contribution >= 4 is 12.2 Å². The summed E-state index contributed by atoms with van der Waals surface area (Å²) in [6.45, 7) is 4.51. The van der Waals surface area contributed by atoms with Crippen LogP contribution in [0, 0.1) is 4.77 Å². The van der Waals surface area contributed by atoms with Gasteiger partial charge in [-0.05, 0) is 42.9 Å². The molecule has 8 heteroatoms. The molecule has 0 saturated carbocycles. The Kier molecular flexibility index (Phi) is 6.15. The average Bonchev–Trinajstić information content (AvgIpc) is 3.35. The first-order chi connectivity index (χ1) is 14.7. The summed E-state index contributed by atoms with van der Waals surface area (Å²) in [5.74, 6) is 0.897. The first-order valence-electron chi connectivity index (χ1n) is 10.1. The van der Waals surface area contributed by atoms with Crippen molar-refractivity contribution in [3.05, 3.63) is 77.6 Å². The highest BCUT2D eigenvalue weighted by Crippen LogP contribution is 2.17. The van der Waals surface area contributed by atoms with E-state index in [1.54, 1.807) is 12.4 Å². The van der Waals surface area contributed by atoms with E-state index in [9.17, 15) is 0 Å². The molecule has 30 heavy (non-hydrogen) atoms. The van der Waals surface area contributed by atoms with Crippen LogP contribution >= 0.6 is 12.2 Å². The second-order valence-electron chi connectivity index (χ2n) is 7.41. The van der Waals surface area contributed by atoms with Crippen LogP contribution in [0.5, 0.6) is 0 Å². The third-order valence-corrected chi connectivity index (χ3v) is 5.32. The number of nitrogens with one attached hydrogen (secondary N) is 1. The fourth-order valence-corrected chi connectivity index (χ4v) is 3.80. The second-order valence-corrected chi connectivity index (χ2v) is 7.78. The summed E-state index contributed by atoms with van der Waals surface area (Å²) in [6.07, 6.45) is 8.58. The first kappa shape index (κ1) is 20.2. The molecule has 1 N–H and O–H groups in total. The number of para-hydroxylation sites is 1. The molecule has 0 aliphatic carbocycles. The Morgan fingerprint density at radius 2 is 1.83 bits per heavy atom. The number of aromatic nitrogens is 6. The van der Waals surface area contributed by atoms with Gasteiger partial charge >= 0.3 is 0 Å². The molecule has 0 aliphatic rings. The lowest BCUT2D eigenvalue weighted by Gasteiger charge is -2.12. The highest BCUT2D eigenvalue weighted by atomic mass is 32.1. The summed E-state index contributed by atoms with van der Waals surface area (Å²) in [5, 5.41) is 9.34. The van der Waals surface area contributed by atoms with Gasteiger partial charge in [-0.1, -0.05) is 25.1 Å². The molecule has 1 unspecified atom stereocenters. The standard InChI is InChI=1S/C22H25N7S/c1-3-13-27-21(19-9-11-23-12-10-19)25-29(22(27)30)17-26(2)15-18-14-24-28(16-18)20-7-5-4-6-8-20/h4-12,14,16H,3,13,15,17H2,1-2H3/p+1. The Morgan fingerprint density at radius 3 is 2.57 bits per heavy atom. The topological polar surface area (TPSA) is 57.9 Å². The number of nitrogens with zero attached hydrogens (tertiary/aromatic N) is 6. The van der Waals surface area contributed by atoms with Gasteiger partial charge in [0.25, 0.3) is 0 Å². The number of benzene rings is 1. The van der Waals surface area contributed by atoms with E-state index in [2.05, 4.69) is 34.8 Å². The van der Waals surface area contributed by atoms with Gasteiger partial charge in [0.05, 0.1) is 18.9 Å². The molecule has 3 heterocycles. The largest absolute Gasteiger partial charge is 0.315 e. The van der Waals surface area contributed by atoms with Crippen molar-refractivity contribution in [2.24, 2.45) is 0 Å². The molecule has 0 bridgehead atoms. The van der Waals surface area contributed by atoms with Crippen LogP contribution in [0.1, 0.15) is 18.9 Å². The molecule has 0 saturated heterocycles. The highest BCUT2D eigenvalue weighted by molar-refractivity contribution is 7.71. The van der Waals surface area contributed by atoms with Gasteiger partial charge in [0, 0.05) is 36.3 Å². The van der Waals surface area contributed by atoms with E-state index >= 15 is 0 Å². The minimum atomic E-state index is 0.685. The summed E-state index contributed by atoms with van der Waals surface area (Å²) < 4.78 is 6.71. The lowest BCUT2D eigenvalue weighted by molar-refractivity contribution is -0.917. The SMILES string of the molecule is CCCn1c(-c2ccncc2)nn(C[NH+](C)Cc2cnn(-c3ccccc3)c2)c1=S. The maximum absolute atomic E-state index is 5.75. The molecule has 4 rings (SSSR count). The molecule has 7 nitrogen and oxygen atoms in total. The Balaban J connectivity index is 1.52. The van der Waals surface area contributed by atoms with E-state index in [1.807, 2.05) is 58.0 Å². The van der Waals surface area contributed by atoms with Crippen molar-refractivity contribution in [3.8, 4) is 17.1 Å². The maximum Gasteiger partial charge on any atom is 0.203 e. The van der Waals surface area contributed by atoms with Crippen molar-refractivity contribution in [3.63, 3.8) is 0 Å². The number of rotatable bonds is 8. The average molecular weight is 421 g/mol. The van der Waals surface area contributed by atoms with Gasteiger partial charge in [-0.25, -0.2) is 4.68 Å². The monoisotopic (exact) mass is 420 g/mol. The number of pyridine rings is 1. The van der Waals surface area contributed by atoms with Gasteiger partial charge in [0.2, 0.25) is 4.77 Å². The van der Waals surface area contributed by atoms with Crippen LogP contribution < -0.4 is 4.90 Å². The zero-order chi connectivity index (χ0) is 20.9. The molecule has 0 amide bonds. The van der Waals surface area contributed by atoms with E-state index < -0.39 is 0 Å². The summed E-state index contributed by atoms with van der Waals surface area (Å²) in [7, 11) is 2.15. The molecular formula is C22H26N7S+. The minimum absolute atomic E-state index is 0.685. The summed E-state index contributed by atoms with van der Waals surface area (Å²) in [5.41, 5.74) is 3.26. The normalized spacial score (nSPS) is 12.2. The van der Waals surface area contributed by atoms with Crippen molar-refractivity contribution < 1.29 is 4.90 Å². The Bertz CT molecular complexity index is 1150. The van der Waals surface area contributed by atoms with Crippen molar-refractivity contribution in [2.45, 2.75) is 33.1 Å². The fourth-order valence-electron chi connectivity index (χ4n) is 3.52. The van der Waals surface area contributed by atoms with Gasteiger partial charge in [0.15, 0.2) is 12.5 Å². The van der Waals surface area contributed by atoms with E-state index in [1.165, 1.54) is 10.5 Å². The van der Waals surface area contributed by atoms with E-state index in [0.717, 1.165) is 41.4 Å². The predicted molar refractivity (Wildman–Crippen MR) is 119 cm³/mol. The zero-order valence-electron chi connectivity index (χ0n) is 17.3. The molecule has 0 radical (unpaired) electrons. The first-order valence-corrected chi connectivity index (χ1v) is 10.5. The molecule has 3 aromatic heterocycles. The highest BCUT2D eigenvalue weighted by Gasteiger charge is 2.15. The van der Waals surface area contributed by atoms with Crippen molar-refractivity contribution in [1.82, 2.24) is 29.1 Å². The Hall–Kier alpha value is -3.10. The zero-order valence-corrected chi connectivity index (χ0v) is 18.1. The number of hydrogen-bond acceptors (Lipinski definition) is 4. The minimum Gasteiger partial charge on any atom is -0.315 e. The van der Waals surface area contributed by atoms with Crippen LogP contribution in [0.3, 0.4) is 0 Å². The van der Waals surface area contributed by atoms with Crippen LogP contribution in [0.2, 0.25) is 0 Å². The summed E-state index contributed by atoms with van der Waals surface area (Å²) >= 11 is 5.75. The lowest BCUT2D eigenvalue weighted by atomic mass is 10.2. The maximum atomic E-state index is 5.75. The second kappa shape index (κ2) is 9.15.